The minimum Gasteiger partial charge on any atom is -0.291 e. The van der Waals surface area contributed by atoms with Gasteiger partial charge in [0, 0.05) is 28.6 Å². The third-order valence-electron chi connectivity index (χ3n) is 6.04. The summed E-state index contributed by atoms with van der Waals surface area (Å²) in [7, 11) is 0. The molecular formula is C27H26ClF2N3S. The summed E-state index contributed by atoms with van der Waals surface area (Å²) in [5.41, 5.74) is 5.60. The number of aryl methyl sites for hydroxylation is 2. The number of hydrogen-bond acceptors (Lipinski definition) is 3. The Hall–Kier alpha value is -2.70. The van der Waals surface area contributed by atoms with Crippen molar-refractivity contribution in [2.45, 2.75) is 50.4 Å². The number of aromatic nitrogens is 3. The molecule has 1 atom stereocenters. The second kappa shape index (κ2) is 10.3. The molecule has 2 aromatic carbocycles. The molecule has 4 aromatic rings. The van der Waals surface area contributed by atoms with E-state index in [-0.39, 0.29) is 25.0 Å². The summed E-state index contributed by atoms with van der Waals surface area (Å²) in [5.74, 6) is -0.121. The Kier molecular flexibility index (Phi) is 7.39. The van der Waals surface area contributed by atoms with Crippen molar-refractivity contribution in [2.24, 2.45) is 0 Å². The maximum atomic E-state index is 14.2. The molecule has 34 heavy (non-hydrogen) atoms. The van der Waals surface area contributed by atoms with Crippen molar-refractivity contribution in [3.8, 4) is 5.69 Å². The van der Waals surface area contributed by atoms with Crippen molar-refractivity contribution < 1.29 is 8.78 Å². The summed E-state index contributed by atoms with van der Waals surface area (Å²) in [6.45, 7) is 2.01. The van der Waals surface area contributed by atoms with Gasteiger partial charge in [0.2, 0.25) is 0 Å². The molecule has 3 nitrogen and oxygen atoms in total. The molecule has 0 aliphatic heterocycles. The van der Waals surface area contributed by atoms with Gasteiger partial charge in [0.15, 0.2) is 5.16 Å². The summed E-state index contributed by atoms with van der Waals surface area (Å²) in [6, 6.07) is 15.6. The standard InChI is InChI=1S/C26H22ClF2N3S.CH4/c1-16-14-17(7-12-21(16)27)20-4-2-6-23-25(20)32(19-10-8-18(28)9-11-19)26(31-23)33-15-24-22(29)5-3-13-30-24;/h3,5,7-14,20H,2,4,6,15H2,1H3;1H4. The van der Waals surface area contributed by atoms with Gasteiger partial charge in [-0.2, -0.15) is 0 Å². The van der Waals surface area contributed by atoms with Crippen molar-refractivity contribution in [2.75, 3.05) is 0 Å². The molecule has 176 valence electrons. The lowest BCUT2D eigenvalue weighted by atomic mass is 9.83. The minimum absolute atomic E-state index is 0. The van der Waals surface area contributed by atoms with Crippen molar-refractivity contribution >= 4 is 23.4 Å². The van der Waals surface area contributed by atoms with E-state index in [4.69, 9.17) is 16.6 Å². The fourth-order valence-corrected chi connectivity index (χ4v) is 5.51. The molecule has 0 saturated carbocycles. The summed E-state index contributed by atoms with van der Waals surface area (Å²) in [5, 5.41) is 1.50. The highest BCUT2D eigenvalue weighted by Crippen LogP contribution is 2.41. The van der Waals surface area contributed by atoms with Gasteiger partial charge in [-0.05, 0) is 79.8 Å². The van der Waals surface area contributed by atoms with Crippen LogP contribution in [-0.4, -0.2) is 14.5 Å². The van der Waals surface area contributed by atoms with Crippen LogP contribution in [0.2, 0.25) is 5.02 Å². The van der Waals surface area contributed by atoms with Crippen LogP contribution in [0.5, 0.6) is 0 Å². The van der Waals surface area contributed by atoms with Gasteiger partial charge >= 0.3 is 0 Å². The van der Waals surface area contributed by atoms with E-state index in [1.54, 1.807) is 24.4 Å². The van der Waals surface area contributed by atoms with Crippen LogP contribution in [-0.2, 0) is 12.2 Å². The molecule has 2 heterocycles. The third kappa shape index (κ3) is 4.75. The van der Waals surface area contributed by atoms with E-state index in [1.807, 2.05) is 13.0 Å². The molecule has 0 radical (unpaired) electrons. The zero-order chi connectivity index (χ0) is 22.9. The van der Waals surface area contributed by atoms with Crippen LogP contribution in [0.4, 0.5) is 8.78 Å². The fraction of sp³-hybridized carbons (Fsp3) is 0.259. The Morgan fingerprint density at radius 2 is 1.91 bits per heavy atom. The number of benzene rings is 2. The molecule has 1 aliphatic rings. The van der Waals surface area contributed by atoms with Gasteiger partial charge in [-0.3, -0.25) is 9.55 Å². The van der Waals surface area contributed by atoms with Crippen molar-refractivity contribution in [3.63, 3.8) is 0 Å². The Bertz CT molecular complexity index is 1300. The van der Waals surface area contributed by atoms with Crippen molar-refractivity contribution in [1.82, 2.24) is 14.5 Å². The van der Waals surface area contributed by atoms with E-state index >= 15 is 0 Å². The van der Waals surface area contributed by atoms with E-state index < -0.39 is 0 Å². The van der Waals surface area contributed by atoms with Crippen LogP contribution >= 0.6 is 23.4 Å². The monoisotopic (exact) mass is 497 g/mol. The maximum absolute atomic E-state index is 14.2. The normalized spacial score (nSPS) is 15.0. The molecule has 2 aromatic heterocycles. The number of thioether (sulfide) groups is 1. The Morgan fingerprint density at radius 1 is 1.12 bits per heavy atom. The van der Waals surface area contributed by atoms with Gasteiger partial charge in [0.05, 0.1) is 17.1 Å². The predicted molar refractivity (Wildman–Crippen MR) is 135 cm³/mol. The van der Waals surface area contributed by atoms with Gasteiger partial charge in [-0.1, -0.05) is 42.9 Å². The molecular weight excluding hydrogens is 472 g/mol. The van der Waals surface area contributed by atoms with E-state index in [1.165, 1.54) is 35.5 Å². The first kappa shape index (κ1) is 24.4. The molecule has 0 fully saturated rings. The van der Waals surface area contributed by atoms with Crippen LogP contribution < -0.4 is 0 Å². The second-order valence-electron chi connectivity index (χ2n) is 8.21. The Labute approximate surface area is 208 Å². The summed E-state index contributed by atoms with van der Waals surface area (Å²) in [6.07, 6.45) is 4.48. The Balaban J connectivity index is 0.00000274. The number of fused-ring (bicyclic) bond motifs is 1. The average Bonchev–Trinajstić information content (AvgIpc) is 3.19. The lowest BCUT2D eigenvalue weighted by Gasteiger charge is -2.25. The molecule has 1 aliphatic carbocycles. The number of pyridine rings is 1. The molecule has 0 bridgehead atoms. The molecule has 7 heteroatoms. The molecule has 0 saturated heterocycles. The highest BCUT2D eigenvalue weighted by molar-refractivity contribution is 7.98. The second-order valence-corrected chi connectivity index (χ2v) is 9.56. The van der Waals surface area contributed by atoms with E-state index in [9.17, 15) is 8.78 Å². The van der Waals surface area contributed by atoms with Gasteiger partial charge in [-0.15, -0.1) is 0 Å². The van der Waals surface area contributed by atoms with Crippen LogP contribution in [0, 0.1) is 18.6 Å². The number of nitrogens with zero attached hydrogens (tertiary/aromatic N) is 3. The van der Waals surface area contributed by atoms with Crippen molar-refractivity contribution in [1.29, 1.82) is 0 Å². The minimum atomic E-state index is -0.329. The van der Waals surface area contributed by atoms with Crippen LogP contribution in [0.1, 0.15) is 54.4 Å². The molecule has 5 rings (SSSR count). The zero-order valence-electron chi connectivity index (χ0n) is 18.1. The highest BCUT2D eigenvalue weighted by Gasteiger charge is 2.30. The molecule has 0 amide bonds. The van der Waals surface area contributed by atoms with E-state index in [0.29, 0.717) is 11.4 Å². The first-order chi connectivity index (χ1) is 16.0. The van der Waals surface area contributed by atoms with E-state index in [2.05, 4.69) is 21.7 Å². The number of rotatable bonds is 5. The fourth-order valence-electron chi connectivity index (χ4n) is 4.41. The highest BCUT2D eigenvalue weighted by atomic mass is 35.5. The lowest BCUT2D eigenvalue weighted by Crippen LogP contribution is -2.15. The predicted octanol–water partition coefficient (Wildman–Crippen LogP) is 7.90. The smallest absolute Gasteiger partial charge is 0.173 e. The molecule has 0 N–H and O–H groups in total. The van der Waals surface area contributed by atoms with Crippen molar-refractivity contribution in [3.05, 3.63) is 106 Å². The van der Waals surface area contributed by atoms with Crippen LogP contribution in [0.3, 0.4) is 0 Å². The topological polar surface area (TPSA) is 30.7 Å². The van der Waals surface area contributed by atoms with Gasteiger partial charge in [0.25, 0.3) is 0 Å². The number of halogens is 3. The average molecular weight is 498 g/mol. The number of imidazole rings is 1. The quantitative estimate of drug-likeness (QED) is 0.262. The first-order valence-corrected chi connectivity index (χ1v) is 12.2. The largest absolute Gasteiger partial charge is 0.291 e. The van der Waals surface area contributed by atoms with Gasteiger partial charge in [0.1, 0.15) is 11.6 Å². The molecule has 0 spiro atoms. The summed E-state index contributed by atoms with van der Waals surface area (Å²) >= 11 is 7.73. The zero-order valence-corrected chi connectivity index (χ0v) is 19.6. The summed E-state index contributed by atoms with van der Waals surface area (Å²) < 4.78 is 30.0. The maximum Gasteiger partial charge on any atom is 0.173 e. The number of hydrogen-bond donors (Lipinski definition) is 0. The van der Waals surface area contributed by atoms with Gasteiger partial charge in [-0.25, -0.2) is 13.8 Å². The lowest BCUT2D eigenvalue weighted by molar-refractivity contribution is 0.586. The van der Waals surface area contributed by atoms with Crippen LogP contribution in [0.15, 0.2) is 66.0 Å². The summed E-state index contributed by atoms with van der Waals surface area (Å²) in [4.78, 5) is 9.14. The van der Waals surface area contributed by atoms with Crippen LogP contribution in [0.25, 0.3) is 5.69 Å². The molecule has 1 unspecified atom stereocenters. The van der Waals surface area contributed by atoms with E-state index in [0.717, 1.165) is 52.1 Å². The van der Waals surface area contributed by atoms with Gasteiger partial charge < -0.3 is 0 Å². The Morgan fingerprint density at radius 3 is 2.65 bits per heavy atom. The SMILES string of the molecule is C.Cc1cc(C2CCCc3nc(SCc4ncccc4F)n(-c4ccc(F)cc4)c32)ccc1Cl. The first-order valence-electron chi connectivity index (χ1n) is 10.9. The third-order valence-corrected chi connectivity index (χ3v) is 7.41.